The molecule has 1 aliphatic rings. The molecule has 0 bridgehead atoms. The summed E-state index contributed by atoms with van der Waals surface area (Å²) in [6.07, 6.45) is 9.65. The average Bonchev–Trinajstić information content (AvgIpc) is 2.47. The molecule has 0 radical (unpaired) electrons. The maximum atomic E-state index is 5.87. The van der Waals surface area contributed by atoms with Crippen LogP contribution in [0.15, 0.2) is 48.3 Å². The molecule has 0 saturated carbocycles. The number of fused-ring (bicyclic) bond motifs is 1. The normalized spacial score (nSPS) is 14.0. The van der Waals surface area contributed by atoms with Crippen LogP contribution >= 0.6 is 0 Å². The van der Waals surface area contributed by atoms with Gasteiger partial charge >= 0.3 is 0 Å². The first-order valence-electron chi connectivity index (χ1n) is 7.99. The Labute approximate surface area is 134 Å². The van der Waals surface area contributed by atoms with E-state index in [1.165, 1.54) is 12.0 Å². The summed E-state index contributed by atoms with van der Waals surface area (Å²) in [5.41, 5.74) is 2.44. The van der Waals surface area contributed by atoms with Gasteiger partial charge in [0.05, 0.1) is 6.61 Å². The average molecular weight is 298 g/mol. The minimum absolute atomic E-state index is 0.673. The van der Waals surface area contributed by atoms with Gasteiger partial charge in [-0.1, -0.05) is 25.2 Å². The third-order valence-corrected chi connectivity index (χ3v) is 3.76. The molecule has 2 nitrogen and oxygen atoms in total. The lowest BCUT2D eigenvalue weighted by atomic mass is 10.0. The number of hydrogen-bond donors (Lipinski definition) is 0. The predicted octanol–water partition coefficient (Wildman–Crippen LogP) is 5.76. The highest BCUT2D eigenvalue weighted by atomic mass is 16.5. The Hall–Kier alpha value is -1.96. The van der Waals surface area contributed by atoms with Crippen molar-refractivity contribution in [2.75, 3.05) is 6.61 Å². The van der Waals surface area contributed by atoms with E-state index in [0.717, 1.165) is 36.5 Å². The minimum atomic E-state index is 0.673. The van der Waals surface area contributed by atoms with Gasteiger partial charge in [-0.05, 0) is 69.4 Å². The highest BCUT2D eigenvalue weighted by Gasteiger charge is 2.09. The first-order valence-corrected chi connectivity index (χ1v) is 7.99. The fraction of sp³-hybridized carbons (Fsp3) is 0.400. The Bertz CT molecular complexity index is 577. The van der Waals surface area contributed by atoms with Crippen molar-refractivity contribution in [1.82, 2.24) is 0 Å². The van der Waals surface area contributed by atoms with Gasteiger partial charge in [-0.15, -0.1) is 0 Å². The van der Waals surface area contributed by atoms with Crippen molar-refractivity contribution in [1.29, 1.82) is 0 Å². The monoisotopic (exact) mass is 298 g/mol. The van der Waals surface area contributed by atoms with E-state index in [0.29, 0.717) is 11.7 Å². The number of ether oxygens (including phenoxy) is 2. The van der Waals surface area contributed by atoms with E-state index in [1.54, 1.807) is 0 Å². The third kappa shape index (κ3) is 5.10. The standard InChI is InChI=1S/C20H26O2/c1-15(2)6-5-7-16(3)12-13-21-19-10-11-20-18(14-19)9-8-17(4)22-20/h6,8-11,14,16H,4-5,7,12-13H2,1-3H3/t16-/m1/s1. The molecule has 22 heavy (non-hydrogen) atoms. The molecule has 2 rings (SSSR count). The fourth-order valence-electron chi connectivity index (χ4n) is 2.38. The second kappa shape index (κ2) is 7.88. The molecule has 1 heterocycles. The van der Waals surface area contributed by atoms with E-state index in [4.69, 9.17) is 9.47 Å². The first-order chi connectivity index (χ1) is 10.5. The quantitative estimate of drug-likeness (QED) is 0.596. The van der Waals surface area contributed by atoms with Crippen molar-refractivity contribution >= 4 is 6.08 Å². The molecule has 0 aromatic heterocycles. The van der Waals surface area contributed by atoms with Crippen LogP contribution in [-0.2, 0) is 0 Å². The summed E-state index contributed by atoms with van der Waals surface area (Å²) in [4.78, 5) is 0. The van der Waals surface area contributed by atoms with Gasteiger partial charge in [0.15, 0.2) is 0 Å². The zero-order valence-electron chi connectivity index (χ0n) is 13.9. The van der Waals surface area contributed by atoms with Crippen LogP contribution in [0.3, 0.4) is 0 Å². The van der Waals surface area contributed by atoms with E-state index in [-0.39, 0.29) is 0 Å². The van der Waals surface area contributed by atoms with E-state index in [2.05, 4.69) is 33.4 Å². The van der Waals surface area contributed by atoms with Crippen molar-refractivity contribution in [2.24, 2.45) is 5.92 Å². The van der Waals surface area contributed by atoms with Crippen molar-refractivity contribution in [3.05, 3.63) is 53.8 Å². The van der Waals surface area contributed by atoms with Crippen LogP contribution in [0, 0.1) is 5.92 Å². The van der Waals surface area contributed by atoms with Gasteiger partial charge in [-0.2, -0.15) is 0 Å². The Morgan fingerprint density at radius 3 is 2.86 bits per heavy atom. The smallest absolute Gasteiger partial charge is 0.134 e. The highest BCUT2D eigenvalue weighted by Crippen LogP contribution is 2.30. The van der Waals surface area contributed by atoms with Gasteiger partial charge in [-0.3, -0.25) is 0 Å². The third-order valence-electron chi connectivity index (χ3n) is 3.76. The van der Waals surface area contributed by atoms with Gasteiger partial charge in [0.2, 0.25) is 0 Å². The van der Waals surface area contributed by atoms with Gasteiger partial charge in [0, 0.05) is 5.56 Å². The van der Waals surface area contributed by atoms with Gasteiger partial charge in [0.1, 0.15) is 17.3 Å². The second-order valence-electron chi connectivity index (χ2n) is 6.20. The summed E-state index contributed by atoms with van der Waals surface area (Å²) < 4.78 is 11.4. The maximum Gasteiger partial charge on any atom is 0.134 e. The van der Waals surface area contributed by atoms with E-state index in [9.17, 15) is 0 Å². The molecule has 1 aliphatic heterocycles. The molecule has 1 aromatic carbocycles. The largest absolute Gasteiger partial charge is 0.494 e. The summed E-state index contributed by atoms with van der Waals surface area (Å²) >= 11 is 0. The summed E-state index contributed by atoms with van der Waals surface area (Å²) in [5.74, 6) is 3.09. The van der Waals surface area contributed by atoms with Gasteiger partial charge in [-0.25, -0.2) is 0 Å². The lowest BCUT2D eigenvalue weighted by Crippen LogP contribution is -2.05. The van der Waals surface area contributed by atoms with Gasteiger partial charge in [0.25, 0.3) is 0 Å². The minimum Gasteiger partial charge on any atom is -0.494 e. The summed E-state index contributed by atoms with van der Waals surface area (Å²) in [5, 5.41) is 0. The topological polar surface area (TPSA) is 18.5 Å². The van der Waals surface area contributed by atoms with Crippen molar-refractivity contribution in [3.63, 3.8) is 0 Å². The predicted molar refractivity (Wildman–Crippen MR) is 93.2 cm³/mol. The molecule has 1 atom stereocenters. The number of hydrogen-bond acceptors (Lipinski definition) is 2. The molecular formula is C20H26O2. The van der Waals surface area contributed by atoms with Crippen molar-refractivity contribution in [3.8, 4) is 11.5 Å². The molecule has 0 fully saturated rings. The zero-order valence-corrected chi connectivity index (χ0v) is 13.9. The van der Waals surface area contributed by atoms with Crippen LogP contribution in [0.2, 0.25) is 0 Å². The van der Waals surface area contributed by atoms with Crippen LogP contribution in [0.5, 0.6) is 11.5 Å². The van der Waals surface area contributed by atoms with Crippen molar-refractivity contribution in [2.45, 2.75) is 40.0 Å². The number of allylic oxidation sites excluding steroid dienone is 3. The zero-order chi connectivity index (χ0) is 15.9. The molecule has 0 aliphatic carbocycles. The Morgan fingerprint density at radius 1 is 1.27 bits per heavy atom. The Balaban J connectivity index is 1.77. The van der Waals surface area contributed by atoms with Crippen LogP contribution in [-0.4, -0.2) is 6.61 Å². The lowest BCUT2D eigenvalue weighted by molar-refractivity contribution is 0.279. The van der Waals surface area contributed by atoms with Crippen LogP contribution < -0.4 is 9.47 Å². The van der Waals surface area contributed by atoms with E-state index in [1.807, 2.05) is 30.4 Å². The summed E-state index contributed by atoms with van der Waals surface area (Å²) in [6, 6.07) is 5.92. The molecule has 0 amide bonds. The van der Waals surface area contributed by atoms with Crippen LogP contribution in [0.25, 0.3) is 6.08 Å². The second-order valence-corrected chi connectivity index (χ2v) is 6.20. The van der Waals surface area contributed by atoms with Crippen LogP contribution in [0.1, 0.15) is 45.6 Å². The maximum absolute atomic E-state index is 5.87. The molecular weight excluding hydrogens is 272 g/mol. The molecule has 0 N–H and O–H groups in total. The molecule has 0 unspecified atom stereocenters. The van der Waals surface area contributed by atoms with Crippen LogP contribution in [0.4, 0.5) is 0 Å². The molecule has 2 heteroatoms. The van der Waals surface area contributed by atoms with Gasteiger partial charge < -0.3 is 9.47 Å². The summed E-state index contributed by atoms with van der Waals surface area (Å²) in [6.45, 7) is 11.1. The molecule has 1 aromatic rings. The Kier molecular flexibility index (Phi) is 5.88. The Morgan fingerprint density at radius 2 is 2.09 bits per heavy atom. The fourth-order valence-corrected chi connectivity index (χ4v) is 2.38. The number of benzene rings is 1. The SMILES string of the molecule is C=C1C=Cc2cc(OCC[C@H](C)CCC=C(C)C)ccc2O1. The number of rotatable bonds is 7. The lowest BCUT2D eigenvalue weighted by Gasteiger charge is -2.16. The van der Waals surface area contributed by atoms with Crippen molar-refractivity contribution < 1.29 is 9.47 Å². The van der Waals surface area contributed by atoms with E-state index >= 15 is 0 Å². The highest BCUT2D eigenvalue weighted by molar-refractivity contribution is 5.64. The summed E-state index contributed by atoms with van der Waals surface area (Å²) in [7, 11) is 0. The molecule has 0 spiro atoms. The van der Waals surface area contributed by atoms with E-state index < -0.39 is 0 Å². The molecule has 118 valence electrons. The molecule has 0 saturated heterocycles. The first kappa shape index (κ1) is 16.4.